The fourth-order valence-corrected chi connectivity index (χ4v) is 2.53. The van der Waals surface area contributed by atoms with Crippen molar-refractivity contribution >= 4 is 34.5 Å². The fourth-order valence-electron chi connectivity index (χ4n) is 1.75. The van der Waals surface area contributed by atoms with Crippen LogP contribution in [0.15, 0.2) is 60.6 Å². The first-order valence-electron chi connectivity index (χ1n) is 6.66. The van der Waals surface area contributed by atoms with E-state index in [1.54, 1.807) is 6.08 Å². The van der Waals surface area contributed by atoms with Crippen LogP contribution in [0.25, 0.3) is 0 Å². The summed E-state index contributed by atoms with van der Waals surface area (Å²) < 4.78 is -0.499. The molecule has 6 heteroatoms. The standard InChI is InChI=1S/C15H22IN5/c1-5-9-15(16)19-13(17-10-6-2)18-14(20-15)21(11-7-3)12-8-4/h5-8H,1-4,9-12H2,(H2,17,18,19,20). The lowest BCUT2D eigenvalue weighted by Crippen LogP contribution is -2.53. The number of alkyl halides is 1. The second kappa shape index (κ2) is 8.66. The predicted molar refractivity (Wildman–Crippen MR) is 99.7 cm³/mol. The fraction of sp³-hybridized carbons (Fsp3) is 0.333. The van der Waals surface area contributed by atoms with Crippen molar-refractivity contribution in [3.63, 3.8) is 0 Å². The van der Waals surface area contributed by atoms with Gasteiger partial charge < -0.3 is 15.5 Å². The summed E-state index contributed by atoms with van der Waals surface area (Å²) in [7, 11) is 0. The van der Waals surface area contributed by atoms with Gasteiger partial charge in [-0.2, -0.15) is 4.99 Å². The first-order valence-corrected chi connectivity index (χ1v) is 7.74. The highest BCUT2D eigenvalue weighted by Gasteiger charge is 2.31. The molecule has 1 aliphatic heterocycles. The van der Waals surface area contributed by atoms with Crippen molar-refractivity contribution in [2.75, 3.05) is 19.6 Å². The molecule has 0 aliphatic carbocycles. The van der Waals surface area contributed by atoms with E-state index in [-0.39, 0.29) is 0 Å². The van der Waals surface area contributed by atoms with Crippen LogP contribution in [-0.2, 0) is 0 Å². The summed E-state index contributed by atoms with van der Waals surface area (Å²) in [6.45, 7) is 17.0. The van der Waals surface area contributed by atoms with Gasteiger partial charge in [-0.1, -0.05) is 24.3 Å². The van der Waals surface area contributed by atoms with Crippen LogP contribution in [0.4, 0.5) is 0 Å². The van der Waals surface area contributed by atoms with E-state index in [1.807, 2.05) is 23.1 Å². The quantitative estimate of drug-likeness (QED) is 0.285. The third-order valence-corrected chi connectivity index (χ3v) is 3.56. The van der Waals surface area contributed by atoms with Crippen LogP contribution >= 0.6 is 22.6 Å². The molecule has 2 N–H and O–H groups in total. The third-order valence-electron chi connectivity index (χ3n) is 2.61. The SMILES string of the molecule is C=CCNC1=NC(N(CC=C)CC=C)=NC(I)(CC=C)N1. The minimum atomic E-state index is -0.499. The van der Waals surface area contributed by atoms with Crippen LogP contribution in [0.1, 0.15) is 6.42 Å². The average molecular weight is 399 g/mol. The zero-order valence-electron chi connectivity index (χ0n) is 12.2. The minimum absolute atomic E-state index is 0.499. The summed E-state index contributed by atoms with van der Waals surface area (Å²) in [4.78, 5) is 11.2. The average Bonchev–Trinajstić information content (AvgIpc) is 2.44. The smallest absolute Gasteiger partial charge is 0.227 e. The molecule has 1 rings (SSSR count). The molecule has 1 heterocycles. The van der Waals surface area contributed by atoms with Gasteiger partial charge >= 0.3 is 0 Å². The first-order chi connectivity index (χ1) is 10.1. The van der Waals surface area contributed by atoms with Gasteiger partial charge in [0.15, 0.2) is 3.67 Å². The Labute approximate surface area is 140 Å². The van der Waals surface area contributed by atoms with Crippen LogP contribution < -0.4 is 10.6 Å². The topological polar surface area (TPSA) is 52.0 Å². The van der Waals surface area contributed by atoms with Gasteiger partial charge in [0.1, 0.15) is 0 Å². The van der Waals surface area contributed by atoms with Gasteiger partial charge in [-0.25, -0.2) is 4.99 Å². The predicted octanol–water partition coefficient (Wildman–Crippen LogP) is 2.42. The van der Waals surface area contributed by atoms with Gasteiger partial charge in [0.05, 0.1) is 0 Å². The number of nitrogens with zero attached hydrogens (tertiary/aromatic N) is 3. The highest BCUT2D eigenvalue weighted by molar-refractivity contribution is 14.1. The third kappa shape index (κ3) is 5.37. The second-order valence-electron chi connectivity index (χ2n) is 4.40. The van der Waals surface area contributed by atoms with E-state index in [2.05, 4.69) is 64.5 Å². The number of halogens is 1. The van der Waals surface area contributed by atoms with Crippen molar-refractivity contribution < 1.29 is 0 Å². The Balaban J connectivity index is 3.07. The molecule has 5 nitrogen and oxygen atoms in total. The molecule has 0 amide bonds. The molecule has 0 aromatic heterocycles. The summed E-state index contributed by atoms with van der Waals surface area (Å²) in [5.74, 6) is 1.32. The molecule has 1 unspecified atom stereocenters. The summed E-state index contributed by atoms with van der Waals surface area (Å²) in [5, 5.41) is 6.45. The lowest BCUT2D eigenvalue weighted by molar-refractivity contribution is 0.483. The lowest BCUT2D eigenvalue weighted by atomic mass is 10.3. The maximum Gasteiger partial charge on any atom is 0.227 e. The van der Waals surface area contributed by atoms with E-state index in [4.69, 9.17) is 4.99 Å². The van der Waals surface area contributed by atoms with E-state index < -0.39 is 3.67 Å². The van der Waals surface area contributed by atoms with Gasteiger partial charge in [-0.3, -0.25) is 0 Å². The minimum Gasteiger partial charge on any atom is -0.352 e. The molecule has 0 aromatic rings. The van der Waals surface area contributed by atoms with Gasteiger partial charge in [-0.15, -0.1) is 26.3 Å². The summed E-state index contributed by atoms with van der Waals surface area (Å²) >= 11 is 2.27. The van der Waals surface area contributed by atoms with Crippen molar-refractivity contribution in [1.29, 1.82) is 0 Å². The van der Waals surface area contributed by atoms with Crippen molar-refractivity contribution in [3.8, 4) is 0 Å². The van der Waals surface area contributed by atoms with Crippen LogP contribution in [-0.4, -0.2) is 40.1 Å². The Kier molecular flexibility index (Phi) is 7.21. The highest BCUT2D eigenvalue weighted by Crippen LogP contribution is 2.25. The molecule has 0 fully saturated rings. The van der Waals surface area contributed by atoms with Crippen molar-refractivity contribution in [2.45, 2.75) is 10.1 Å². The van der Waals surface area contributed by atoms with Crippen LogP contribution in [0.3, 0.4) is 0 Å². The number of rotatable bonds is 8. The molecule has 1 atom stereocenters. The van der Waals surface area contributed by atoms with Crippen molar-refractivity contribution in [1.82, 2.24) is 15.5 Å². The number of hydrogen-bond donors (Lipinski definition) is 2. The number of guanidine groups is 2. The molecule has 0 bridgehead atoms. The molecule has 0 spiro atoms. The molecular formula is C15H22IN5. The Bertz CT molecular complexity index is 459. The van der Waals surface area contributed by atoms with Crippen molar-refractivity contribution in [2.24, 2.45) is 9.98 Å². The number of hydrogen-bond acceptors (Lipinski definition) is 5. The molecular weight excluding hydrogens is 377 g/mol. The van der Waals surface area contributed by atoms with Crippen LogP contribution in [0, 0.1) is 0 Å². The summed E-state index contributed by atoms with van der Waals surface area (Å²) in [6.07, 6.45) is 7.94. The molecule has 21 heavy (non-hydrogen) atoms. The second-order valence-corrected chi connectivity index (χ2v) is 6.19. The zero-order valence-corrected chi connectivity index (χ0v) is 14.3. The Morgan fingerprint density at radius 1 is 1.14 bits per heavy atom. The van der Waals surface area contributed by atoms with Gasteiger partial charge in [0.2, 0.25) is 11.9 Å². The van der Waals surface area contributed by atoms with Crippen molar-refractivity contribution in [3.05, 3.63) is 50.6 Å². The first kappa shape index (κ1) is 17.5. The highest BCUT2D eigenvalue weighted by atomic mass is 127. The van der Waals surface area contributed by atoms with E-state index >= 15 is 0 Å². The van der Waals surface area contributed by atoms with E-state index in [1.165, 1.54) is 0 Å². The maximum absolute atomic E-state index is 4.70. The van der Waals surface area contributed by atoms with Crippen LogP contribution in [0.5, 0.6) is 0 Å². The van der Waals surface area contributed by atoms with E-state index in [0.717, 1.165) is 0 Å². The number of aliphatic imine (C=N–C) groups is 2. The number of nitrogens with one attached hydrogen (secondary N) is 2. The molecule has 0 aromatic carbocycles. The largest absolute Gasteiger partial charge is 0.352 e. The van der Waals surface area contributed by atoms with E-state index in [0.29, 0.717) is 38.0 Å². The molecule has 114 valence electrons. The Morgan fingerprint density at radius 3 is 2.33 bits per heavy atom. The molecule has 0 saturated heterocycles. The zero-order chi connectivity index (χ0) is 15.7. The van der Waals surface area contributed by atoms with Gasteiger partial charge in [0, 0.05) is 26.1 Å². The van der Waals surface area contributed by atoms with Gasteiger partial charge in [-0.05, 0) is 22.6 Å². The summed E-state index contributed by atoms with van der Waals surface area (Å²) in [5.41, 5.74) is 0. The maximum atomic E-state index is 4.70. The normalized spacial score (nSPS) is 20.4. The summed E-state index contributed by atoms with van der Waals surface area (Å²) in [6, 6.07) is 0. The Hall–Kier alpha value is -1.57. The van der Waals surface area contributed by atoms with E-state index in [9.17, 15) is 0 Å². The monoisotopic (exact) mass is 399 g/mol. The van der Waals surface area contributed by atoms with Crippen LogP contribution in [0.2, 0.25) is 0 Å². The molecule has 1 aliphatic rings. The van der Waals surface area contributed by atoms with Gasteiger partial charge in [0.25, 0.3) is 0 Å². The Morgan fingerprint density at radius 2 is 1.81 bits per heavy atom. The molecule has 0 radical (unpaired) electrons. The molecule has 0 saturated carbocycles. The lowest BCUT2D eigenvalue weighted by Gasteiger charge is -2.33.